The lowest BCUT2D eigenvalue weighted by molar-refractivity contribution is 0.0167. The minimum atomic E-state index is -0.465. The van der Waals surface area contributed by atoms with Crippen LogP contribution < -0.4 is 15.4 Å². The maximum absolute atomic E-state index is 13.7. The van der Waals surface area contributed by atoms with Crippen molar-refractivity contribution in [3.63, 3.8) is 0 Å². The van der Waals surface area contributed by atoms with Crippen LogP contribution in [-0.2, 0) is 4.74 Å². The molecule has 7 heteroatoms. The van der Waals surface area contributed by atoms with Gasteiger partial charge < -0.3 is 20.1 Å². The minimum absolute atomic E-state index is 0.00817. The SMILES string of the molecule is COc1ccc(C(CNC(=O)Nc2ccccc2F)N2CCOCC2)cc1. The molecule has 1 unspecified atom stereocenters. The van der Waals surface area contributed by atoms with Crippen LogP contribution in [0.2, 0.25) is 0 Å². The number of methoxy groups -OCH3 is 1. The molecule has 2 amide bonds. The molecule has 144 valence electrons. The molecule has 1 atom stereocenters. The molecule has 1 fully saturated rings. The van der Waals surface area contributed by atoms with Crippen molar-refractivity contribution in [2.45, 2.75) is 6.04 Å². The van der Waals surface area contributed by atoms with E-state index in [2.05, 4.69) is 15.5 Å². The molecular weight excluding hydrogens is 349 g/mol. The van der Waals surface area contributed by atoms with E-state index in [1.165, 1.54) is 12.1 Å². The Morgan fingerprint density at radius 2 is 1.89 bits per heavy atom. The number of nitrogens with one attached hydrogen (secondary N) is 2. The lowest BCUT2D eigenvalue weighted by Crippen LogP contribution is -2.44. The highest BCUT2D eigenvalue weighted by atomic mass is 19.1. The number of benzene rings is 2. The zero-order valence-electron chi connectivity index (χ0n) is 15.3. The van der Waals surface area contributed by atoms with Gasteiger partial charge in [0.1, 0.15) is 11.6 Å². The normalized spacial score (nSPS) is 15.8. The number of morpholine rings is 1. The average molecular weight is 373 g/mol. The third-order valence-corrected chi connectivity index (χ3v) is 4.57. The van der Waals surface area contributed by atoms with Gasteiger partial charge in [-0.05, 0) is 29.8 Å². The summed E-state index contributed by atoms with van der Waals surface area (Å²) in [4.78, 5) is 14.5. The Hall–Kier alpha value is -2.64. The molecule has 0 saturated carbocycles. The molecule has 27 heavy (non-hydrogen) atoms. The van der Waals surface area contributed by atoms with Crippen molar-refractivity contribution in [1.29, 1.82) is 0 Å². The number of nitrogens with zero attached hydrogens (tertiary/aromatic N) is 1. The van der Waals surface area contributed by atoms with Gasteiger partial charge >= 0.3 is 6.03 Å². The molecule has 1 aliphatic rings. The molecule has 0 aliphatic carbocycles. The molecule has 2 aromatic rings. The van der Waals surface area contributed by atoms with E-state index in [1.54, 1.807) is 19.2 Å². The number of rotatable bonds is 6. The molecule has 0 radical (unpaired) electrons. The second-order valence-corrected chi connectivity index (χ2v) is 6.25. The highest BCUT2D eigenvalue weighted by Gasteiger charge is 2.23. The van der Waals surface area contributed by atoms with Crippen LogP contribution in [0.3, 0.4) is 0 Å². The summed E-state index contributed by atoms with van der Waals surface area (Å²) in [6, 6.07) is 13.4. The van der Waals surface area contributed by atoms with Gasteiger partial charge in [-0.1, -0.05) is 24.3 Å². The number of anilines is 1. The second kappa shape index (κ2) is 9.34. The highest BCUT2D eigenvalue weighted by Crippen LogP contribution is 2.23. The van der Waals surface area contributed by atoms with E-state index in [1.807, 2.05) is 24.3 Å². The number of carbonyl (C=O) groups is 1. The highest BCUT2D eigenvalue weighted by molar-refractivity contribution is 5.89. The van der Waals surface area contributed by atoms with Crippen LogP contribution in [0.25, 0.3) is 0 Å². The zero-order chi connectivity index (χ0) is 19.1. The molecule has 1 heterocycles. The lowest BCUT2D eigenvalue weighted by atomic mass is 10.0. The molecule has 3 rings (SSSR count). The van der Waals surface area contributed by atoms with Crippen LogP contribution in [0.15, 0.2) is 48.5 Å². The Balaban J connectivity index is 1.67. The van der Waals surface area contributed by atoms with Crippen molar-refractivity contribution >= 4 is 11.7 Å². The van der Waals surface area contributed by atoms with Crippen molar-refractivity contribution in [1.82, 2.24) is 10.2 Å². The quantitative estimate of drug-likeness (QED) is 0.817. The maximum Gasteiger partial charge on any atom is 0.319 e. The summed E-state index contributed by atoms with van der Waals surface area (Å²) in [6.45, 7) is 3.29. The monoisotopic (exact) mass is 373 g/mol. The first-order valence-corrected chi connectivity index (χ1v) is 8.92. The number of halogens is 1. The first-order valence-electron chi connectivity index (χ1n) is 8.92. The van der Waals surface area contributed by atoms with E-state index in [-0.39, 0.29) is 11.7 Å². The van der Waals surface area contributed by atoms with Crippen LogP contribution in [0.5, 0.6) is 5.75 Å². The summed E-state index contributed by atoms with van der Waals surface area (Å²) in [6.07, 6.45) is 0. The summed E-state index contributed by atoms with van der Waals surface area (Å²) >= 11 is 0. The Bertz CT molecular complexity index is 748. The van der Waals surface area contributed by atoms with Crippen LogP contribution >= 0.6 is 0 Å². The van der Waals surface area contributed by atoms with Crippen molar-refractivity contribution in [3.05, 3.63) is 59.9 Å². The van der Waals surface area contributed by atoms with Crippen LogP contribution in [-0.4, -0.2) is 50.9 Å². The van der Waals surface area contributed by atoms with Crippen LogP contribution in [0.1, 0.15) is 11.6 Å². The maximum atomic E-state index is 13.7. The van der Waals surface area contributed by atoms with Gasteiger partial charge in [0.15, 0.2) is 0 Å². The Morgan fingerprint density at radius 3 is 2.56 bits per heavy atom. The van der Waals surface area contributed by atoms with Gasteiger partial charge in [-0.25, -0.2) is 9.18 Å². The number of hydrogen-bond donors (Lipinski definition) is 2. The first-order chi connectivity index (χ1) is 13.2. The number of ether oxygens (including phenoxy) is 2. The standard InChI is InChI=1S/C20H24FN3O3/c1-26-16-8-6-15(7-9-16)19(24-10-12-27-13-11-24)14-22-20(25)23-18-5-3-2-4-17(18)21/h2-9,19H,10-14H2,1H3,(H2,22,23,25). The molecule has 0 bridgehead atoms. The van der Waals surface area contributed by atoms with Crippen molar-refractivity contribution in [2.24, 2.45) is 0 Å². The molecule has 2 aromatic carbocycles. The number of urea groups is 1. The topological polar surface area (TPSA) is 62.8 Å². The van der Waals surface area contributed by atoms with Crippen molar-refractivity contribution in [3.8, 4) is 5.75 Å². The van der Waals surface area contributed by atoms with Crippen LogP contribution in [0, 0.1) is 5.82 Å². The van der Waals surface area contributed by atoms with Gasteiger partial charge in [-0.2, -0.15) is 0 Å². The van der Waals surface area contributed by atoms with Gasteiger partial charge in [0, 0.05) is 19.6 Å². The predicted octanol–water partition coefficient (Wildman–Crippen LogP) is 3.03. The molecule has 0 aromatic heterocycles. The number of amides is 2. The largest absolute Gasteiger partial charge is 0.497 e. The number of carbonyl (C=O) groups excluding carboxylic acids is 1. The Morgan fingerprint density at radius 1 is 1.19 bits per heavy atom. The summed E-state index contributed by atoms with van der Waals surface area (Å²) in [7, 11) is 1.63. The summed E-state index contributed by atoms with van der Waals surface area (Å²) in [5.41, 5.74) is 1.23. The Kier molecular flexibility index (Phi) is 6.62. The van der Waals surface area contributed by atoms with E-state index in [4.69, 9.17) is 9.47 Å². The molecule has 1 aliphatic heterocycles. The summed E-state index contributed by atoms with van der Waals surface area (Å²) in [5.74, 6) is 0.317. The third-order valence-electron chi connectivity index (χ3n) is 4.57. The predicted molar refractivity (Wildman–Crippen MR) is 102 cm³/mol. The Labute approximate surface area is 158 Å². The smallest absolute Gasteiger partial charge is 0.319 e. The lowest BCUT2D eigenvalue weighted by Gasteiger charge is -2.35. The first kappa shape index (κ1) is 19.1. The summed E-state index contributed by atoms with van der Waals surface area (Å²) < 4.78 is 24.4. The fourth-order valence-corrected chi connectivity index (χ4v) is 3.09. The fraction of sp³-hybridized carbons (Fsp3) is 0.350. The van der Waals surface area contributed by atoms with E-state index in [0.717, 1.165) is 24.4 Å². The molecular formula is C20H24FN3O3. The molecule has 0 spiro atoms. The average Bonchev–Trinajstić information content (AvgIpc) is 2.71. The van der Waals surface area contributed by atoms with Gasteiger partial charge in [-0.15, -0.1) is 0 Å². The van der Waals surface area contributed by atoms with Crippen molar-refractivity contribution < 1.29 is 18.7 Å². The molecule has 2 N–H and O–H groups in total. The van der Waals surface area contributed by atoms with Gasteiger partial charge in [0.2, 0.25) is 0 Å². The summed E-state index contributed by atoms with van der Waals surface area (Å²) in [5, 5.41) is 5.40. The fourth-order valence-electron chi connectivity index (χ4n) is 3.09. The number of para-hydroxylation sites is 1. The molecule has 6 nitrogen and oxygen atoms in total. The van der Waals surface area contributed by atoms with Gasteiger partial charge in [-0.3, -0.25) is 4.90 Å². The van der Waals surface area contributed by atoms with E-state index < -0.39 is 11.8 Å². The minimum Gasteiger partial charge on any atom is -0.497 e. The van der Waals surface area contributed by atoms with E-state index >= 15 is 0 Å². The van der Waals surface area contributed by atoms with Gasteiger partial charge in [0.05, 0.1) is 32.1 Å². The zero-order valence-corrected chi connectivity index (χ0v) is 15.3. The second-order valence-electron chi connectivity index (χ2n) is 6.25. The van der Waals surface area contributed by atoms with Gasteiger partial charge in [0.25, 0.3) is 0 Å². The van der Waals surface area contributed by atoms with E-state index in [9.17, 15) is 9.18 Å². The van der Waals surface area contributed by atoms with E-state index in [0.29, 0.717) is 19.8 Å². The van der Waals surface area contributed by atoms with Crippen molar-refractivity contribution in [2.75, 3.05) is 45.3 Å². The number of hydrogen-bond acceptors (Lipinski definition) is 4. The molecule has 1 saturated heterocycles. The third kappa shape index (κ3) is 5.18. The van der Waals surface area contributed by atoms with Crippen LogP contribution in [0.4, 0.5) is 14.9 Å².